The first-order valence-corrected chi connectivity index (χ1v) is 20.9. The van der Waals surface area contributed by atoms with Crippen LogP contribution < -0.4 is 54.4 Å². The fourth-order valence-electron chi connectivity index (χ4n) is 6.08. The van der Waals surface area contributed by atoms with Crippen LogP contribution >= 0.6 is 26.3 Å². The van der Waals surface area contributed by atoms with Gasteiger partial charge in [0, 0.05) is 6.42 Å². The minimum atomic E-state index is -2.81. The van der Waals surface area contributed by atoms with E-state index >= 15 is 0 Å². The number of halogens is 2. The van der Waals surface area contributed by atoms with Crippen molar-refractivity contribution in [3.63, 3.8) is 0 Å². The van der Waals surface area contributed by atoms with E-state index in [0.717, 1.165) is 42.8 Å². The molecule has 5 aromatic carbocycles. The zero-order valence-corrected chi connectivity index (χ0v) is 29.9. The molecule has 0 aromatic heterocycles. The summed E-state index contributed by atoms with van der Waals surface area (Å²) in [6, 6.07) is 51.6. The Morgan fingerprint density at radius 2 is 1.23 bits per heavy atom. The predicted octanol–water partition coefficient (Wildman–Crippen LogP) is 1.52. The number of ether oxygens (including phenoxy) is 1. The Morgan fingerprint density at radius 3 is 1.77 bits per heavy atom. The Bertz CT molecular complexity index is 1680. The molecule has 5 N–H and O–H groups in total. The normalized spacial score (nSPS) is 16.0. The third kappa shape index (κ3) is 7.81. The molecule has 1 aliphatic heterocycles. The van der Waals surface area contributed by atoms with E-state index in [1.54, 1.807) is 0 Å². The van der Waals surface area contributed by atoms with Gasteiger partial charge in [-0.15, -0.1) is 0 Å². The molecule has 0 amide bonds. The van der Waals surface area contributed by atoms with Gasteiger partial charge >= 0.3 is 237 Å². The van der Waals surface area contributed by atoms with Gasteiger partial charge in [0.15, 0.2) is 0 Å². The van der Waals surface area contributed by atoms with E-state index in [1.165, 1.54) is 21.5 Å². The summed E-state index contributed by atoms with van der Waals surface area (Å²) in [5.74, 6) is 1.97. The molecule has 0 saturated carbocycles. The van der Waals surface area contributed by atoms with Crippen molar-refractivity contribution in [2.75, 3.05) is 19.3 Å². The van der Waals surface area contributed by atoms with Crippen LogP contribution in [0.15, 0.2) is 151 Å². The number of hydrogen-bond acceptors (Lipinski definition) is 3. The van der Waals surface area contributed by atoms with Gasteiger partial charge in [-0.2, -0.15) is 0 Å². The summed E-state index contributed by atoms with van der Waals surface area (Å²) in [7, 11) is 0. The van der Waals surface area contributed by atoms with E-state index in [2.05, 4.69) is 158 Å². The summed E-state index contributed by atoms with van der Waals surface area (Å²) < 4.78 is 3.53. The molecule has 0 fully saturated rings. The maximum absolute atomic E-state index is 6.34. The van der Waals surface area contributed by atoms with Crippen LogP contribution in [0, 0.1) is 0 Å². The first-order valence-electron chi connectivity index (χ1n) is 15.7. The van der Waals surface area contributed by atoms with Crippen LogP contribution in [0.5, 0.6) is 5.75 Å². The summed E-state index contributed by atoms with van der Waals surface area (Å²) in [4.78, 5) is 7.98. The summed E-state index contributed by atoms with van der Waals surface area (Å²) in [6.45, 7) is 1.39. The first-order chi connectivity index (χ1) is 22.5. The van der Waals surface area contributed by atoms with E-state index in [-0.39, 0.29) is 18.6 Å². The molecule has 0 spiro atoms. The molecule has 1 atom stereocenters. The molecule has 1 heterocycles. The topological polar surface area (TPSA) is 85.6 Å². The van der Waals surface area contributed by atoms with Crippen molar-refractivity contribution in [1.82, 2.24) is 10.6 Å². The van der Waals surface area contributed by atoms with Crippen LogP contribution in [0.4, 0.5) is 0 Å². The molecule has 9 heteroatoms. The number of nitrogens with two attached hydrogens (primary N) is 1. The number of guanidine groups is 2. The van der Waals surface area contributed by atoms with E-state index in [9.17, 15) is 0 Å². The first kappa shape index (κ1) is 34.4. The number of rotatable bonds is 12. The second-order valence-electron chi connectivity index (χ2n) is 11.4. The molecule has 5 aromatic rings. The van der Waals surface area contributed by atoms with Gasteiger partial charge in [-0.1, -0.05) is 30.3 Å². The minimum Gasteiger partial charge on any atom is -1.00 e. The fraction of sp³-hybridized carbons (Fsp3) is 0.158. The van der Waals surface area contributed by atoms with Gasteiger partial charge in [-0.05, 0) is 5.56 Å². The molecule has 0 bridgehead atoms. The van der Waals surface area contributed by atoms with Crippen molar-refractivity contribution in [3.05, 3.63) is 157 Å². The number of nitrogens with one attached hydrogen (secondary N) is 3. The Labute approximate surface area is 296 Å². The molecule has 6 nitrogen and oxygen atoms in total. The quantitative estimate of drug-likeness (QED) is 0.0882. The third-order valence-corrected chi connectivity index (χ3v) is 20.2. The van der Waals surface area contributed by atoms with Crippen LogP contribution in [0.3, 0.4) is 0 Å². The Hall–Kier alpha value is -3.91. The molecule has 0 aliphatic carbocycles. The molecule has 1 unspecified atom stereocenters. The van der Waals surface area contributed by atoms with Crippen LogP contribution in [-0.2, 0) is 6.42 Å². The van der Waals surface area contributed by atoms with Gasteiger partial charge in [0.2, 0.25) is 0 Å². The second kappa shape index (κ2) is 15.8. The molecule has 47 heavy (non-hydrogen) atoms. The average Bonchev–Trinajstić information content (AvgIpc) is 3.12. The van der Waals surface area contributed by atoms with Crippen LogP contribution in [0.1, 0.15) is 23.7 Å². The second-order valence-corrected chi connectivity index (χ2v) is 22.2. The monoisotopic (exact) mass is 775 g/mol. The van der Waals surface area contributed by atoms with Gasteiger partial charge in [-0.25, -0.2) is 0 Å². The zero-order valence-electron chi connectivity index (χ0n) is 26.1. The third-order valence-electron chi connectivity index (χ3n) is 8.43. The number of nitrogens with zero attached hydrogens (tertiary/aromatic N) is 1. The van der Waals surface area contributed by atoms with E-state index in [0.29, 0.717) is 12.6 Å². The Balaban J connectivity index is 0.00000433. The zero-order chi connectivity index (χ0) is 31.7. The van der Waals surface area contributed by atoms with Crippen LogP contribution in [-0.4, -0.2) is 31.2 Å². The SMILES string of the molecule is NC1=NC(c2ccc(OCCCP(I)(c3ccccc3)(c3ccccc3)c3ccccc3)cc2)NC(=[NH+]CCc2ccccc2)N1.[Cl-]. The maximum atomic E-state index is 6.34. The van der Waals surface area contributed by atoms with Gasteiger partial charge in [0.25, 0.3) is 0 Å². The summed E-state index contributed by atoms with van der Waals surface area (Å²) in [5, 5.41) is 10.7. The molecule has 0 saturated heterocycles. The van der Waals surface area contributed by atoms with Crippen LogP contribution in [0.25, 0.3) is 0 Å². The average molecular weight is 776 g/mol. The molecule has 6 rings (SSSR count). The summed E-state index contributed by atoms with van der Waals surface area (Å²) in [5.41, 5.74) is 8.42. The Morgan fingerprint density at radius 1 is 0.723 bits per heavy atom. The van der Waals surface area contributed by atoms with E-state index in [1.807, 2.05) is 30.3 Å². The van der Waals surface area contributed by atoms with E-state index < -0.39 is 4.25 Å². The Kier molecular flexibility index (Phi) is 11.6. The number of hydrogen-bond donors (Lipinski definition) is 4. The van der Waals surface area contributed by atoms with Crippen LogP contribution in [0.2, 0.25) is 0 Å². The standard InChI is InChI=1S/C38H39IN5OP.ClH/c39-46(33-16-7-2-8-17-33,34-18-9-3-10-19-34,35-20-11-4-12-21-35)29-13-28-45-32-24-22-31(23-25-32)36-42-37(40)44-38(43-36)41-27-26-30-14-5-1-6-15-30;/h1-12,14-25,36H,13,26-29H2,(H4,40,41,42,43,44);1H. The number of benzene rings is 5. The van der Waals surface area contributed by atoms with Crippen molar-refractivity contribution in [2.45, 2.75) is 19.0 Å². The van der Waals surface area contributed by atoms with Gasteiger partial charge in [0.1, 0.15) is 0 Å². The van der Waals surface area contributed by atoms with Gasteiger partial charge in [-0.3, -0.25) is 0 Å². The summed E-state index contributed by atoms with van der Waals surface area (Å²) >= 11 is 2.84. The van der Waals surface area contributed by atoms with Crippen molar-refractivity contribution in [1.29, 1.82) is 0 Å². The van der Waals surface area contributed by atoms with Crippen molar-refractivity contribution in [3.8, 4) is 5.75 Å². The smallest absolute Gasteiger partial charge is 1.00 e. The van der Waals surface area contributed by atoms with Crippen molar-refractivity contribution in [2.24, 2.45) is 10.7 Å². The number of aliphatic imine (C=N–C) groups is 1. The molecular formula is C38H40ClIN5OP. The summed E-state index contributed by atoms with van der Waals surface area (Å²) in [6.07, 6.45) is 2.52. The van der Waals surface area contributed by atoms with E-state index in [4.69, 9.17) is 10.5 Å². The van der Waals surface area contributed by atoms with Crippen molar-refractivity contribution < 1.29 is 22.1 Å². The van der Waals surface area contributed by atoms with Gasteiger partial charge < -0.3 is 12.4 Å². The molecule has 242 valence electrons. The molecular weight excluding hydrogens is 736 g/mol. The fourth-order valence-corrected chi connectivity index (χ4v) is 14.8. The molecule has 1 aliphatic rings. The predicted molar refractivity (Wildman–Crippen MR) is 202 cm³/mol. The molecule has 0 radical (unpaired) electrons. The minimum absolute atomic E-state index is 0. The van der Waals surface area contributed by atoms with Gasteiger partial charge in [0.05, 0.1) is 6.54 Å². The van der Waals surface area contributed by atoms with Crippen molar-refractivity contribution >= 4 is 54.1 Å².